The third-order valence-corrected chi connectivity index (χ3v) is 0.887. The molecular formula is C6H15NO. The van der Waals surface area contributed by atoms with E-state index in [1.165, 1.54) is 0 Å². The minimum atomic E-state index is 0.827. The number of ether oxygens (including phenoxy) is 1. The molecule has 0 aromatic carbocycles. The van der Waals surface area contributed by atoms with Crippen molar-refractivity contribution in [2.45, 2.75) is 6.92 Å². The number of likely N-dealkylation sites (N-methyl/N-ethyl adjacent to an activating group) is 1. The fourth-order valence-corrected chi connectivity index (χ4v) is 0.391. The highest BCUT2D eigenvalue weighted by Gasteiger charge is 1.85. The highest BCUT2D eigenvalue weighted by atomic mass is 16.5. The number of rotatable bonds is 4. The number of hydrogen-bond acceptors (Lipinski definition) is 2. The van der Waals surface area contributed by atoms with Gasteiger partial charge in [-0.1, -0.05) is 0 Å². The normalized spacial score (nSPS) is 10.5. The monoisotopic (exact) mass is 117 g/mol. The van der Waals surface area contributed by atoms with E-state index in [-0.39, 0.29) is 0 Å². The van der Waals surface area contributed by atoms with E-state index in [1.54, 1.807) is 0 Å². The van der Waals surface area contributed by atoms with Crippen molar-refractivity contribution in [3.05, 3.63) is 0 Å². The topological polar surface area (TPSA) is 12.5 Å². The predicted molar refractivity (Wildman–Crippen MR) is 35.0 cm³/mol. The summed E-state index contributed by atoms with van der Waals surface area (Å²) in [5, 5.41) is 0. The lowest BCUT2D eigenvalue weighted by Gasteiger charge is -2.07. The second-order valence-electron chi connectivity index (χ2n) is 2.00. The van der Waals surface area contributed by atoms with Gasteiger partial charge in [-0.15, -0.1) is 0 Å². The summed E-state index contributed by atoms with van der Waals surface area (Å²) in [7, 11) is 4.08. The molecular weight excluding hydrogens is 102 g/mol. The largest absolute Gasteiger partial charge is 0.380 e. The Morgan fingerprint density at radius 1 is 1.38 bits per heavy atom. The maximum Gasteiger partial charge on any atom is 0.0593 e. The molecule has 2 nitrogen and oxygen atoms in total. The van der Waals surface area contributed by atoms with Gasteiger partial charge in [-0.2, -0.15) is 0 Å². The smallest absolute Gasteiger partial charge is 0.0593 e. The quantitative estimate of drug-likeness (QED) is 0.499. The van der Waals surface area contributed by atoms with Gasteiger partial charge in [0.2, 0.25) is 0 Å². The van der Waals surface area contributed by atoms with E-state index in [4.69, 9.17) is 4.74 Å². The van der Waals surface area contributed by atoms with Crippen LogP contribution in [0.2, 0.25) is 0 Å². The molecule has 0 atom stereocenters. The van der Waals surface area contributed by atoms with Crippen molar-refractivity contribution < 1.29 is 4.74 Å². The summed E-state index contributed by atoms with van der Waals surface area (Å²) < 4.78 is 5.10. The summed E-state index contributed by atoms with van der Waals surface area (Å²) >= 11 is 0. The minimum absolute atomic E-state index is 0.827. The molecule has 0 unspecified atom stereocenters. The molecule has 0 bridgehead atoms. The van der Waals surface area contributed by atoms with Crippen molar-refractivity contribution in [3.63, 3.8) is 0 Å². The summed E-state index contributed by atoms with van der Waals surface area (Å²) in [6, 6.07) is 0. The van der Waals surface area contributed by atoms with Crippen LogP contribution in [0.5, 0.6) is 0 Å². The Hall–Kier alpha value is -0.0800. The molecule has 0 radical (unpaired) electrons. The van der Waals surface area contributed by atoms with Gasteiger partial charge in [0.15, 0.2) is 0 Å². The lowest BCUT2D eigenvalue weighted by molar-refractivity contribution is 0.129. The van der Waals surface area contributed by atoms with Crippen LogP contribution in [0.3, 0.4) is 0 Å². The standard InChI is InChI=1S/C6H15NO/c1-4-8-6-5-7(2)3/h4-6H2,1-3H3. The van der Waals surface area contributed by atoms with E-state index in [0.29, 0.717) is 0 Å². The molecule has 0 heterocycles. The number of hydrogen-bond donors (Lipinski definition) is 0. The fourth-order valence-electron chi connectivity index (χ4n) is 0.391. The summed E-state index contributed by atoms with van der Waals surface area (Å²) in [6.45, 7) is 4.71. The first kappa shape index (κ1) is 7.92. The van der Waals surface area contributed by atoms with Gasteiger partial charge in [0.05, 0.1) is 6.61 Å². The molecule has 0 N–H and O–H groups in total. The van der Waals surface area contributed by atoms with Gasteiger partial charge >= 0.3 is 0 Å². The van der Waals surface area contributed by atoms with Crippen LogP contribution in [0, 0.1) is 0 Å². The maximum absolute atomic E-state index is 5.10. The first-order chi connectivity index (χ1) is 3.77. The second-order valence-corrected chi connectivity index (χ2v) is 2.00. The van der Waals surface area contributed by atoms with Crippen molar-refractivity contribution in [3.8, 4) is 0 Å². The van der Waals surface area contributed by atoms with E-state index in [9.17, 15) is 0 Å². The van der Waals surface area contributed by atoms with Crippen molar-refractivity contribution in [1.82, 2.24) is 4.90 Å². The molecule has 0 fully saturated rings. The van der Waals surface area contributed by atoms with Gasteiger partial charge in [-0.25, -0.2) is 0 Å². The fraction of sp³-hybridized carbons (Fsp3) is 1.00. The van der Waals surface area contributed by atoms with Crippen LogP contribution in [-0.2, 0) is 4.74 Å². The van der Waals surface area contributed by atoms with Gasteiger partial charge in [-0.05, 0) is 21.0 Å². The predicted octanol–water partition coefficient (Wildman–Crippen LogP) is 0.585. The zero-order valence-corrected chi connectivity index (χ0v) is 5.98. The van der Waals surface area contributed by atoms with E-state index in [2.05, 4.69) is 4.90 Å². The molecule has 0 saturated carbocycles. The Morgan fingerprint density at radius 3 is 2.38 bits per heavy atom. The zero-order chi connectivity index (χ0) is 6.41. The molecule has 8 heavy (non-hydrogen) atoms. The molecule has 0 spiro atoms. The third kappa shape index (κ3) is 5.92. The molecule has 0 aromatic rings. The summed E-state index contributed by atoms with van der Waals surface area (Å²) in [6.07, 6.45) is 0. The molecule has 0 aliphatic rings. The van der Waals surface area contributed by atoms with Gasteiger partial charge in [0.25, 0.3) is 0 Å². The van der Waals surface area contributed by atoms with Crippen LogP contribution in [0.4, 0.5) is 0 Å². The zero-order valence-electron chi connectivity index (χ0n) is 5.98. The molecule has 0 amide bonds. The van der Waals surface area contributed by atoms with Crippen molar-refractivity contribution >= 4 is 0 Å². The Labute approximate surface area is 51.4 Å². The Bertz CT molecular complexity index is 45.8. The van der Waals surface area contributed by atoms with Crippen LogP contribution < -0.4 is 0 Å². The van der Waals surface area contributed by atoms with Crippen molar-refractivity contribution in [2.75, 3.05) is 33.9 Å². The summed E-state index contributed by atoms with van der Waals surface area (Å²) in [5.41, 5.74) is 0. The molecule has 0 saturated heterocycles. The molecule has 0 aromatic heterocycles. The maximum atomic E-state index is 5.10. The van der Waals surface area contributed by atoms with Gasteiger partial charge in [-0.3, -0.25) is 0 Å². The molecule has 0 aliphatic heterocycles. The molecule has 2 heteroatoms. The van der Waals surface area contributed by atoms with E-state index in [0.717, 1.165) is 19.8 Å². The first-order valence-electron chi connectivity index (χ1n) is 3.00. The van der Waals surface area contributed by atoms with Crippen LogP contribution in [0.1, 0.15) is 6.92 Å². The van der Waals surface area contributed by atoms with Crippen molar-refractivity contribution in [1.29, 1.82) is 0 Å². The average Bonchev–Trinajstić information content (AvgIpc) is 1.66. The minimum Gasteiger partial charge on any atom is -0.380 e. The van der Waals surface area contributed by atoms with Gasteiger partial charge in [0.1, 0.15) is 0 Å². The first-order valence-corrected chi connectivity index (χ1v) is 3.00. The Morgan fingerprint density at radius 2 is 2.00 bits per heavy atom. The van der Waals surface area contributed by atoms with Crippen LogP contribution in [0.25, 0.3) is 0 Å². The van der Waals surface area contributed by atoms with Crippen LogP contribution in [-0.4, -0.2) is 38.8 Å². The SMILES string of the molecule is CCOCCN(C)C. The Kier molecular flexibility index (Phi) is 5.01. The molecule has 0 aliphatic carbocycles. The molecule has 0 rings (SSSR count). The molecule has 50 valence electrons. The van der Waals surface area contributed by atoms with Gasteiger partial charge < -0.3 is 9.64 Å². The second kappa shape index (κ2) is 5.06. The lowest BCUT2D eigenvalue weighted by atomic mass is 10.6. The van der Waals surface area contributed by atoms with E-state index < -0.39 is 0 Å². The Balaban J connectivity index is 2.72. The third-order valence-electron chi connectivity index (χ3n) is 0.887. The van der Waals surface area contributed by atoms with Crippen LogP contribution >= 0.6 is 0 Å². The summed E-state index contributed by atoms with van der Waals surface area (Å²) in [4.78, 5) is 2.11. The highest BCUT2D eigenvalue weighted by Crippen LogP contribution is 1.75. The van der Waals surface area contributed by atoms with E-state index >= 15 is 0 Å². The van der Waals surface area contributed by atoms with E-state index in [1.807, 2.05) is 21.0 Å². The number of nitrogens with zero attached hydrogens (tertiary/aromatic N) is 1. The van der Waals surface area contributed by atoms with Crippen LogP contribution in [0.15, 0.2) is 0 Å². The summed E-state index contributed by atoms with van der Waals surface area (Å²) in [5.74, 6) is 0. The lowest BCUT2D eigenvalue weighted by Crippen LogP contribution is -2.17. The highest BCUT2D eigenvalue weighted by molar-refractivity contribution is 4.37. The van der Waals surface area contributed by atoms with Crippen molar-refractivity contribution in [2.24, 2.45) is 0 Å². The average molecular weight is 117 g/mol. The van der Waals surface area contributed by atoms with Gasteiger partial charge in [0, 0.05) is 13.2 Å².